The summed E-state index contributed by atoms with van der Waals surface area (Å²) in [7, 11) is 1.81. The zero-order chi connectivity index (χ0) is 10.6. The average molecular weight is 216 g/mol. The minimum absolute atomic E-state index is 0.0967. The van der Waals surface area contributed by atoms with E-state index in [1.54, 1.807) is 4.90 Å². The second-order valence-corrected chi connectivity index (χ2v) is 4.17. The maximum Gasteiger partial charge on any atom is 0.317 e. The van der Waals surface area contributed by atoms with Gasteiger partial charge in [0.2, 0.25) is 0 Å². The first-order valence-electron chi connectivity index (χ1n) is 4.76. The summed E-state index contributed by atoms with van der Waals surface area (Å²) in [5.41, 5.74) is 0. The molecule has 0 saturated carbocycles. The van der Waals surface area contributed by atoms with E-state index >= 15 is 0 Å². The molecule has 2 N–H and O–H groups in total. The first-order chi connectivity index (χ1) is 6.59. The van der Waals surface area contributed by atoms with E-state index in [1.165, 1.54) is 0 Å². The van der Waals surface area contributed by atoms with Gasteiger partial charge in [0.1, 0.15) is 0 Å². The van der Waals surface area contributed by atoms with Crippen LogP contribution in [0.3, 0.4) is 0 Å². The van der Waals surface area contributed by atoms with Crippen molar-refractivity contribution >= 4 is 23.1 Å². The first kappa shape index (κ1) is 11.6. The van der Waals surface area contributed by atoms with Gasteiger partial charge in [-0.2, -0.15) is 0 Å². The molecule has 1 fully saturated rings. The van der Waals surface area contributed by atoms with Gasteiger partial charge in [-0.25, -0.2) is 0 Å². The van der Waals surface area contributed by atoms with Crippen LogP contribution in [0.25, 0.3) is 0 Å². The van der Waals surface area contributed by atoms with Gasteiger partial charge in [0.25, 0.3) is 0 Å². The number of carboxylic acids is 1. The third-order valence-electron chi connectivity index (χ3n) is 2.36. The van der Waals surface area contributed by atoms with Gasteiger partial charge in [0.05, 0.1) is 6.54 Å². The van der Waals surface area contributed by atoms with E-state index in [0.29, 0.717) is 6.04 Å². The number of hydrogen-bond donors (Lipinski definition) is 2. The molecule has 0 aliphatic carbocycles. The van der Waals surface area contributed by atoms with Crippen molar-refractivity contribution in [3.63, 3.8) is 0 Å². The van der Waals surface area contributed by atoms with Gasteiger partial charge in [0, 0.05) is 24.0 Å². The van der Waals surface area contributed by atoms with Gasteiger partial charge in [0.15, 0.2) is 0 Å². The Morgan fingerprint density at radius 3 is 3.00 bits per heavy atom. The van der Waals surface area contributed by atoms with Gasteiger partial charge >= 0.3 is 5.97 Å². The third-order valence-corrected chi connectivity index (χ3v) is 2.84. The zero-order valence-corrected chi connectivity index (χ0v) is 9.14. The number of likely N-dealkylation sites (N-methyl/N-ethyl adjacent to an activating group) is 1. The predicted molar refractivity (Wildman–Crippen MR) is 58.8 cm³/mol. The minimum Gasteiger partial charge on any atom is -0.480 e. The van der Waals surface area contributed by atoms with E-state index in [9.17, 15) is 4.79 Å². The van der Waals surface area contributed by atoms with Gasteiger partial charge in [-0.05, 0) is 19.9 Å². The van der Waals surface area contributed by atoms with E-state index in [-0.39, 0.29) is 6.54 Å². The Kier molecular flexibility index (Phi) is 4.44. The van der Waals surface area contributed by atoms with Crippen LogP contribution in [-0.4, -0.2) is 53.6 Å². The highest BCUT2D eigenvalue weighted by Crippen LogP contribution is 2.07. The number of carbonyl (C=O) groups is 1. The molecule has 80 valence electrons. The van der Waals surface area contributed by atoms with Crippen molar-refractivity contribution in [1.29, 1.82) is 0 Å². The van der Waals surface area contributed by atoms with Crippen molar-refractivity contribution in [3.8, 4) is 0 Å². The summed E-state index contributed by atoms with van der Waals surface area (Å²) in [5, 5.41) is 11.8. The number of hydrogen-bond acceptors (Lipinski definition) is 4. The molecule has 0 bridgehead atoms. The quantitative estimate of drug-likeness (QED) is 0.640. The fraction of sp³-hybridized carbons (Fsp3) is 0.778. The second-order valence-electron chi connectivity index (χ2n) is 3.64. The summed E-state index contributed by atoms with van der Waals surface area (Å²) in [6.45, 7) is 1.83. The van der Waals surface area contributed by atoms with Crippen LogP contribution >= 0.6 is 12.2 Å². The van der Waals surface area contributed by atoms with Crippen LogP contribution < -0.4 is 5.32 Å². The average Bonchev–Trinajstić information content (AvgIpc) is 2.46. The highest BCUT2D eigenvalue weighted by atomic mass is 32.1. The molecule has 0 amide bonds. The Morgan fingerprint density at radius 2 is 2.50 bits per heavy atom. The molecule has 1 aliphatic heterocycles. The highest BCUT2D eigenvalue weighted by molar-refractivity contribution is 7.80. The third kappa shape index (κ3) is 3.69. The zero-order valence-electron chi connectivity index (χ0n) is 8.32. The number of rotatable bonds is 5. The lowest BCUT2D eigenvalue weighted by Gasteiger charge is -2.17. The first-order valence-corrected chi connectivity index (χ1v) is 5.17. The maximum absolute atomic E-state index is 10.4. The molecular formula is C9H16N2O2S. The number of nitrogens with one attached hydrogen (secondary N) is 1. The van der Waals surface area contributed by atoms with Crippen molar-refractivity contribution in [2.24, 2.45) is 0 Å². The molecule has 1 aliphatic rings. The molecular weight excluding hydrogens is 200 g/mol. The lowest BCUT2D eigenvalue weighted by atomic mass is 10.1. The fourth-order valence-electron chi connectivity index (χ4n) is 1.58. The molecule has 4 nitrogen and oxygen atoms in total. The number of carboxylic acid groups (broad SMARTS) is 1. The van der Waals surface area contributed by atoms with Crippen molar-refractivity contribution in [1.82, 2.24) is 10.2 Å². The van der Waals surface area contributed by atoms with Crippen molar-refractivity contribution in [2.45, 2.75) is 18.9 Å². The molecule has 5 heteroatoms. The van der Waals surface area contributed by atoms with E-state index in [2.05, 4.69) is 5.32 Å². The SMILES string of the molecule is CN(CCC1NCCC1=S)CC(=O)O. The molecule has 14 heavy (non-hydrogen) atoms. The Balaban J connectivity index is 2.19. The van der Waals surface area contributed by atoms with Crippen LogP contribution in [0.5, 0.6) is 0 Å². The van der Waals surface area contributed by atoms with Crippen molar-refractivity contribution in [2.75, 3.05) is 26.7 Å². The summed E-state index contributed by atoms with van der Waals surface area (Å²) in [5.74, 6) is -0.783. The summed E-state index contributed by atoms with van der Waals surface area (Å²) in [6, 6.07) is 0.307. The van der Waals surface area contributed by atoms with Crippen LogP contribution in [0.1, 0.15) is 12.8 Å². The lowest BCUT2D eigenvalue weighted by molar-refractivity contribution is -0.137. The Morgan fingerprint density at radius 1 is 1.79 bits per heavy atom. The monoisotopic (exact) mass is 216 g/mol. The Hall–Kier alpha value is -0.520. The van der Waals surface area contributed by atoms with Gasteiger partial charge in [-0.15, -0.1) is 0 Å². The van der Waals surface area contributed by atoms with E-state index in [1.807, 2.05) is 7.05 Å². The molecule has 0 aromatic rings. The largest absolute Gasteiger partial charge is 0.480 e. The molecule has 0 spiro atoms. The normalized spacial score (nSPS) is 21.9. The summed E-state index contributed by atoms with van der Waals surface area (Å²) in [6.07, 6.45) is 1.88. The molecule has 1 rings (SSSR count). The smallest absolute Gasteiger partial charge is 0.317 e. The summed E-state index contributed by atoms with van der Waals surface area (Å²) >= 11 is 5.18. The highest BCUT2D eigenvalue weighted by Gasteiger charge is 2.20. The van der Waals surface area contributed by atoms with Crippen LogP contribution in [0.4, 0.5) is 0 Å². The van der Waals surface area contributed by atoms with E-state index in [0.717, 1.165) is 30.8 Å². The Labute approximate surface area is 89.3 Å². The number of thiocarbonyl (C=S) groups is 1. The van der Waals surface area contributed by atoms with E-state index < -0.39 is 5.97 Å². The number of nitrogens with zero attached hydrogens (tertiary/aromatic N) is 1. The fourth-order valence-corrected chi connectivity index (χ4v) is 1.88. The van der Waals surface area contributed by atoms with Crippen LogP contribution in [0.2, 0.25) is 0 Å². The van der Waals surface area contributed by atoms with Gasteiger partial charge in [-0.3, -0.25) is 9.69 Å². The van der Waals surface area contributed by atoms with Crippen LogP contribution in [-0.2, 0) is 4.79 Å². The maximum atomic E-state index is 10.4. The molecule has 0 aromatic heterocycles. The molecule has 1 unspecified atom stereocenters. The molecule has 1 heterocycles. The minimum atomic E-state index is -0.783. The van der Waals surface area contributed by atoms with Gasteiger partial charge in [-0.1, -0.05) is 12.2 Å². The number of aliphatic carboxylic acids is 1. The Bertz CT molecular complexity index is 233. The van der Waals surface area contributed by atoms with Crippen LogP contribution in [0, 0.1) is 0 Å². The second kappa shape index (κ2) is 5.38. The van der Waals surface area contributed by atoms with Crippen molar-refractivity contribution < 1.29 is 9.90 Å². The lowest BCUT2D eigenvalue weighted by Crippen LogP contribution is -2.33. The summed E-state index contributed by atoms with van der Waals surface area (Å²) < 4.78 is 0. The topological polar surface area (TPSA) is 52.6 Å². The van der Waals surface area contributed by atoms with Crippen molar-refractivity contribution in [3.05, 3.63) is 0 Å². The molecule has 1 atom stereocenters. The molecule has 1 saturated heterocycles. The van der Waals surface area contributed by atoms with E-state index in [4.69, 9.17) is 17.3 Å². The predicted octanol–water partition coefficient (Wildman–Crippen LogP) is 0.125. The summed E-state index contributed by atoms with van der Waals surface area (Å²) in [4.78, 5) is 13.3. The standard InChI is InChI=1S/C9H16N2O2S/c1-11(6-9(12)13)5-3-7-8(14)2-4-10-7/h7,10H,2-6H2,1H3,(H,12,13). The van der Waals surface area contributed by atoms with Gasteiger partial charge < -0.3 is 10.4 Å². The molecule has 0 aromatic carbocycles. The molecule has 0 radical (unpaired) electrons. The van der Waals surface area contributed by atoms with Crippen LogP contribution in [0.15, 0.2) is 0 Å².